The Morgan fingerprint density at radius 3 is 2.46 bits per heavy atom. The number of aliphatic carboxylic acids is 1. The second kappa shape index (κ2) is 9.61. The minimum atomic E-state index is -1.06. The summed E-state index contributed by atoms with van der Waals surface area (Å²) in [6.07, 6.45) is 7.68. The third-order valence-corrected chi connectivity index (χ3v) is 4.95. The van der Waals surface area contributed by atoms with Gasteiger partial charge in [-0.2, -0.15) is 0 Å². The molecule has 2 unspecified atom stereocenters. The van der Waals surface area contributed by atoms with E-state index in [9.17, 15) is 19.5 Å². The quantitative estimate of drug-likeness (QED) is 0.613. The van der Waals surface area contributed by atoms with Gasteiger partial charge in [-0.25, -0.2) is 4.79 Å². The second-order valence-corrected chi connectivity index (χ2v) is 6.83. The maximum atomic E-state index is 11.9. The van der Waals surface area contributed by atoms with E-state index >= 15 is 0 Å². The fourth-order valence-electron chi connectivity index (χ4n) is 3.54. The molecule has 1 aliphatic heterocycles. The van der Waals surface area contributed by atoms with Crippen molar-refractivity contribution >= 4 is 17.8 Å². The lowest BCUT2D eigenvalue weighted by Gasteiger charge is -2.28. The van der Waals surface area contributed by atoms with Crippen molar-refractivity contribution in [2.45, 2.75) is 57.4 Å². The third-order valence-electron chi connectivity index (χ3n) is 4.95. The van der Waals surface area contributed by atoms with Crippen LogP contribution in [0.4, 0.5) is 0 Å². The van der Waals surface area contributed by atoms with E-state index < -0.39 is 17.9 Å². The first-order chi connectivity index (χ1) is 11.6. The number of nitrogens with one attached hydrogen (secondary N) is 2. The molecule has 2 rings (SSSR count). The normalized spacial score (nSPS) is 22.8. The monoisotopic (exact) mass is 340 g/mol. The Kier molecular flexibility index (Phi) is 7.49. The molecule has 2 atom stereocenters. The van der Waals surface area contributed by atoms with E-state index in [2.05, 4.69) is 10.6 Å². The van der Waals surface area contributed by atoms with Gasteiger partial charge in [-0.15, -0.1) is 0 Å². The fraction of sp³-hybridized carbons (Fsp3) is 0.824. The van der Waals surface area contributed by atoms with Gasteiger partial charge in [-0.05, 0) is 25.2 Å². The molecule has 1 aliphatic carbocycles. The predicted octanol–water partition coefficient (Wildman–Crippen LogP) is 1.07. The maximum Gasteiger partial charge on any atom is 0.326 e. The highest BCUT2D eigenvalue weighted by atomic mass is 16.5. The van der Waals surface area contributed by atoms with Crippen LogP contribution in [0.15, 0.2) is 0 Å². The van der Waals surface area contributed by atoms with Crippen molar-refractivity contribution in [1.82, 2.24) is 10.6 Å². The molecular formula is C17H28N2O5. The van der Waals surface area contributed by atoms with Crippen molar-refractivity contribution in [1.29, 1.82) is 0 Å². The van der Waals surface area contributed by atoms with Gasteiger partial charge in [-0.1, -0.05) is 25.7 Å². The molecule has 2 amide bonds. The summed E-state index contributed by atoms with van der Waals surface area (Å²) in [6.45, 7) is 0.791. The van der Waals surface area contributed by atoms with Crippen LogP contribution in [0.3, 0.4) is 0 Å². The summed E-state index contributed by atoms with van der Waals surface area (Å²) in [7, 11) is 0. The van der Waals surface area contributed by atoms with E-state index in [-0.39, 0.29) is 18.4 Å². The molecule has 0 spiro atoms. The van der Waals surface area contributed by atoms with Gasteiger partial charge in [0, 0.05) is 18.9 Å². The Bertz CT molecular complexity index is 442. The zero-order chi connectivity index (χ0) is 17.4. The van der Waals surface area contributed by atoms with Crippen molar-refractivity contribution in [2.24, 2.45) is 11.8 Å². The number of carbonyl (C=O) groups is 3. The van der Waals surface area contributed by atoms with E-state index in [0.29, 0.717) is 32.0 Å². The Morgan fingerprint density at radius 2 is 1.83 bits per heavy atom. The van der Waals surface area contributed by atoms with E-state index in [1.807, 2.05) is 0 Å². The molecule has 0 radical (unpaired) electrons. The van der Waals surface area contributed by atoms with Gasteiger partial charge in [0.15, 0.2) is 0 Å². The van der Waals surface area contributed by atoms with Crippen molar-refractivity contribution in [3.8, 4) is 0 Å². The molecule has 0 bridgehead atoms. The first-order valence-corrected chi connectivity index (χ1v) is 8.93. The number of carboxylic acid groups (broad SMARTS) is 1. The molecule has 7 nitrogen and oxygen atoms in total. The smallest absolute Gasteiger partial charge is 0.326 e. The van der Waals surface area contributed by atoms with Crippen molar-refractivity contribution < 1.29 is 24.2 Å². The molecule has 1 saturated heterocycles. The van der Waals surface area contributed by atoms with Gasteiger partial charge >= 0.3 is 5.97 Å². The van der Waals surface area contributed by atoms with Gasteiger partial charge in [-0.3, -0.25) is 9.59 Å². The Balaban J connectivity index is 1.68. The summed E-state index contributed by atoms with van der Waals surface area (Å²) < 4.78 is 5.29. The summed E-state index contributed by atoms with van der Waals surface area (Å²) in [6, 6.07) is -0.965. The number of rotatable bonds is 8. The topological polar surface area (TPSA) is 105 Å². The molecule has 2 fully saturated rings. The zero-order valence-corrected chi connectivity index (χ0v) is 14.1. The highest BCUT2D eigenvalue weighted by Crippen LogP contribution is 2.28. The Labute approximate surface area is 142 Å². The number of amides is 2. The lowest BCUT2D eigenvalue weighted by atomic mass is 9.93. The van der Waals surface area contributed by atoms with Crippen molar-refractivity contribution in [3.05, 3.63) is 0 Å². The van der Waals surface area contributed by atoms with Crippen LogP contribution >= 0.6 is 0 Å². The van der Waals surface area contributed by atoms with Gasteiger partial charge < -0.3 is 20.5 Å². The summed E-state index contributed by atoms with van der Waals surface area (Å²) in [5.41, 5.74) is 0. The Morgan fingerprint density at radius 1 is 1.08 bits per heavy atom. The van der Waals surface area contributed by atoms with Crippen LogP contribution < -0.4 is 10.6 Å². The van der Waals surface area contributed by atoms with E-state index in [1.165, 1.54) is 25.7 Å². The molecule has 0 aromatic carbocycles. The van der Waals surface area contributed by atoms with Crippen LogP contribution in [-0.2, 0) is 19.1 Å². The summed E-state index contributed by atoms with van der Waals surface area (Å²) in [5, 5.41) is 14.4. The summed E-state index contributed by atoms with van der Waals surface area (Å²) in [5.74, 6) is -1.27. The number of ether oxygens (including phenoxy) is 1. The average molecular weight is 340 g/mol. The molecule has 7 heteroatoms. The van der Waals surface area contributed by atoms with Gasteiger partial charge in [0.05, 0.1) is 13.2 Å². The standard InChI is InChI=1S/C17H28N2O5/c20-14(8-7-12-4-1-2-5-12)18-10-15(21)19-16(17(22)23)13-6-3-9-24-11-13/h12-13,16H,1-11H2,(H,18,20)(H,19,21)(H,22,23). The second-order valence-electron chi connectivity index (χ2n) is 6.83. The van der Waals surface area contributed by atoms with Crippen LogP contribution in [0.1, 0.15) is 51.4 Å². The van der Waals surface area contributed by atoms with Crippen LogP contribution in [-0.4, -0.2) is 48.7 Å². The van der Waals surface area contributed by atoms with Gasteiger partial charge in [0.25, 0.3) is 0 Å². The van der Waals surface area contributed by atoms with Crippen molar-refractivity contribution in [3.63, 3.8) is 0 Å². The minimum absolute atomic E-state index is 0.148. The molecule has 2 aliphatic rings. The molecule has 0 aromatic rings. The molecule has 0 aromatic heterocycles. The van der Waals surface area contributed by atoms with Crippen LogP contribution in [0.25, 0.3) is 0 Å². The molecule has 1 saturated carbocycles. The molecule has 3 N–H and O–H groups in total. The molecule has 24 heavy (non-hydrogen) atoms. The molecular weight excluding hydrogens is 312 g/mol. The van der Waals surface area contributed by atoms with Crippen LogP contribution in [0.2, 0.25) is 0 Å². The Hall–Kier alpha value is -1.63. The minimum Gasteiger partial charge on any atom is -0.480 e. The molecule has 136 valence electrons. The lowest BCUT2D eigenvalue weighted by molar-refractivity contribution is -0.145. The maximum absolute atomic E-state index is 11.9. The first-order valence-electron chi connectivity index (χ1n) is 8.93. The highest BCUT2D eigenvalue weighted by Gasteiger charge is 2.31. The number of hydrogen-bond acceptors (Lipinski definition) is 4. The largest absolute Gasteiger partial charge is 0.480 e. The summed E-state index contributed by atoms with van der Waals surface area (Å²) >= 11 is 0. The van der Waals surface area contributed by atoms with E-state index in [1.54, 1.807) is 0 Å². The van der Waals surface area contributed by atoms with E-state index in [0.717, 1.165) is 12.8 Å². The van der Waals surface area contributed by atoms with Gasteiger partial charge in [0.2, 0.25) is 11.8 Å². The first kappa shape index (κ1) is 18.7. The number of carbonyl (C=O) groups excluding carboxylic acids is 2. The number of hydrogen-bond donors (Lipinski definition) is 3. The predicted molar refractivity (Wildman–Crippen MR) is 87.3 cm³/mol. The number of carboxylic acids is 1. The molecule has 1 heterocycles. The summed E-state index contributed by atoms with van der Waals surface area (Å²) in [4.78, 5) is 35.1. The highest BCUT2D eigenvalue weighted by molar-refractivity contribution is 5.88. The fourth-order valence-corrected chi connectivity index (χ4v) is 3.54. The van der Waals surface area contributed by atoms with Crippen LogP contribution in [0.5, 0.6) is 0 Å². The lowest BCUT2D eigenvalue weighted by Crippen LogP contribution is -2.51. The zero-order valence-electron chi connectivity index (χ0n) is 14.1. The van der Waals surface area contributed by atoms with Gasteiger partial charge in [0.1, 0.15) is 6.04 Å². The third kappa shape index (κ3) is 6.11. The SMILES string of the molecule is O=C(CCC1CCCC1)NCC(=O)NC(C(=O)O)C1CCCOC1. The van der Waals surface area contributed by atoms with E-state index in [4.69, 9.17) is 4.74 Å². The van der Waals surface area contributed by atoms with Crippen LogP contribution in [0, 0.1) is 11.8 Å². The average Bonchev–Trinajstić information content (AvgIpc) is 3.10. The van der Waals surface area contributed by atoms with Crippen molar-refractivity contribution in [2.75, 3.05) is 19.8 Å².